The van der Waals surface area contributed by atoms with Crippen molar-refractivity contribution in [1.82, 2.24) is 0 Å². The molecule has 0 aromatic rings. The minimum absolute atomic E-state index is 0. The molecule has 0 N–H and O–H groups in total. The Bertz CT molecular complexity index is 224. The molecule has 0 spiro atoms. The fourth-order valence-corrected chi connectivity index (χ4v) is 0.125. The molecule has 0 aliphatic heterocycles. The van der Waals surface area contributed by atoms with Crippen LogP contribution in [-0.4, -0.2) is 0 Å². The first kappa shape index (κ1) is 16.2. The van der Waals surface area contributed by atoms with Crippen molar-refractivity contribution >= 4 is 0 Å². The van der Waals surface area contributed by atoms with E-state index in [1.165, 1.54) is 0 Å². The summed E-state index contributed by atoms with van der Waals surface area (Å²) in [5.74, 6) is 12.4. The third-order valence-corrected chi connectivity index (χ3v) is 0.312. The maximum Gasteiger partial charge on any atom is 1.00 e. The molecule has 34 valence electrons. The van der Waals surface area contributed by atoms with E-state index in [-0.39, 0.29) is 37.7 Å². The third kappa shape index (κ3) is 15.7. The van der Waals surface area contributed by atoms with Gasteiger partial charge in [0.15, 0.2) is 0 Å². The van der Waals surface area contributed by atoms with Gasteiger partial charge in [-0.15, -0.1) is 11.8 Å². The molecular formula is C8Li2. The summed E-state index contributed by atoms with van der Waals surface area (Å²) in [5, 5.41) is 0. The van der Waals surface area contributed by atoms with Crippen molar-refractivity contribution < 1.29 is 37.7 Å². The van der Waals surface area contributed by atoms with Crippen LogP contribution in [-0.2, 0) is 0 Å². The van der Waals surface area contributed by atoms with Gasteiger partial charge in [-0.2, -0.15) is 0 Å². The minimum atomic E-state index is 0. The summed E-state index contributed by atoms with van der Waals surface area (Å²) in [7, 11) is 0. The van der Waals surface area contributed by atoms with E-state index >= 15 is 0 Å². The van der Waals surface area contributed by atoms with Crippen molar-refractivity contribution in [3.63, 3.8) is 0 Å². The normalized spacial score (nSPS) is 2.60. The Morgan fingerprint density at radius 1 is 0.600 bits per heavy atom. The van der Waals surface area contributed by atoms with E-state index in [4.69, 9.17) is 12.8 Å². The molecule has 10 heavy (non-hydrogen) atoms. The maximum atomic E-state index is 6.28. The topological polar surface area (TPSA) is 0 Å². The summed E-state index contributed by atoms with van der Waals surface area (Å²) in [5.41, 5.74) is 0. The third-order valence-electron chi connectivity index (χ3n) is 0.312. The summed E-state index contributed by atoms with van der Waals surface area (Å²) in [6.45, 7) is 0. The first-order valence-electron chi connectivity index (χ1n) is 1.75. The molecule has 0 amide bonds. The second-order valence-electron chi connectivity index (χ2n) is 0.750. The molecule has 0 saturated carbocycles. The first-order valence-corrected chi connectivity index (χ1v) is 1.75. The van der Waals surface area contributed by atoms with Gasteiger partial charge in [0.05, 0.1) is 0 Å². The summed E-state index contributed by atoms with van der Waals surface area (Å²) < 4.78 is 0. The second kappa shape index (κ2) is 15.8. The van der Waals surface area contributed by atoms with Gasteiger partial charge in [0.2, 0.25) is 0 Å². The molecule has 0 saturated heterocycles. The molecule has 0 fully saturated rings. The zero-order valence-corrected chi connectivity index (χ0v) is 6.00. The standard InChI is InChI=1S/C8.2Li/c1-3-5-7-8-6-4-2;;/q-2;2*+1. The largest absolute Gasteiger partial charge is 1.00 e. The molecule has 2 heteroatoms. The van der Waals surface area contributed by atoms with Gasteiger partial charge in [-0.3, -0.25) is 11.8 Å². The molecule has 0 rings (SSSR count). The molecule has 0 atom stereocenters. The molecule has 0 bridgehead atoms. The summed E-state index contributed by atoms with van der Waals surface area (Å²) >= 11 is 0. The van der Waals surface area contributed by atoms with Crippen LogP contribution in [0.15, 0.2) is 0 Å². The Kier molecular flexibility index (Phi) is 25.6. The molecule has 0 heterocycles. The van der Waals surface area contributed by atoms with Crippen LogP contribution < -0.4 is 37.7 Å². The predicted molar refractivity (Wildman–Crippen MR) is 29.8 cm³/mol. The monoisotopic (exact) mass is 110 g/mol. The summed E-state index contributed by atoms with van der Waals surface area (Å²) in [4.78, 5) is 0. The van der Waals surface area contributed by atoms with E-state index in [9.17, 15) is 0 Å². The number of hydrogen-bond donors (Lipinski definition) is 0. The molecular weight excluding hydrogens is 110 g/mol. The molecule has 0 radical (unpaired) electrons. The molecule has 0 aliphatic rings. The van der Waals surface area contributed by atoms with Gasteiger partial charge >= 0.3 is 37.7 Å². The Morgan fingerprint density at radius 2 is 0.900 bits per heavy atom. The fourth-order valence-electron chi connectivity index (χ4n) is 0.125. The van der Waals surface area contributed by atoms with Crippen LogP contribution in [0.3, 0.4) is 0 Å². The minimum Gasteiger partial charge on any atom is -0.358 e. The van der Waals surface area contributed by atoms with E-state index in [1.54, 1.807) is 0 Å². The second-order valence-corrected chi connectivity index (χ2v) is 0.750. The van der Waals surface area contributed by atoms with Crippen molar-refractivity contribution in [2.24, 2.45) is 0 Å². The summed E-state index contributed by atoms with van der Waals surface area (Å²) in [6.07, 6.45) is 12.6. The SMILES string of the molecule is [C-]#CC#CC#CC#[C-].[Li+].[Li+]. The van der Waals surface area contributed by atoms with Gasteiger partial charge in [-0.05, 0) is 0 Å². The quantitative estimate of drug-likeness (QED) is 0.165. The molecule has 0 unspecified atom stereocenters. The Labute approximate surface area is 85.9 Å². The van der Waals surface area contributed by atoms with Crippen LogP contribution in [0.1, 0.15) is 0 Å². The summed E-state index contributed by atoms with van der Waals surface area (Å²) in [6, 6.07) is 0. The van der Waals surface area contributed by atoms with Gasteiger partial charge in [0.1, 0.15) is 0 Å². The van der Waals surface area contributed by atoms with Crippen LogP contribution in [0.2, 0.25) is 0 Å². The van der Waals surface area contributed by atoms with Crippen LogP contribution in [0.4, 0.5) is 0 Å². The van der Waals surface area contributed by atoms with Crippen LogP contribution in [0.25, 0.3) is 0 Å². The van der Waals surface area contributed by atoms with Gasteiger partial charge in [-0.1, -0.05) is 0 Å². The van der Waals surface area contributed by atoms with E-state index in [0.29, 0.717) is 0 Å². The number of rotatable bonds is 0. The Hall–Kier alpha value is -0.565. The van der Waals surface area contributed by atoms with E-state index in [2.05, 4.69) is 23.7 Å². The predicted octanol–water partition coefficient (Wildman–Crippen LogP) is -5.82. The van der Waals surface area contributed by atoms with Crippen molar-refractivity contribution in [2.75, 3.05) is 0 Å². The van der Waals surface area contributed by atoms with Gasteiger partial charge in [0.25, 0.3) is 0 Å². The van der Waals surface area contributed by atoms with Crippen LogP contribution >= 0.6 is 0 Å². The molecule has 0 aromatic heterocycles. The van der Waals surface area contributed by atoms with E-state index in [1.807, 2.05) is 11.8 Å². The van der Waals surface area contributed by atoms with E-state index in [0.717, 1.165) is 0 Å². The average molecular weight is 110 g/mol. The Balaban J connectivity index is -0.000000245. The first-order chi connectivity index (χ1) is 3.91. The molecule has 0 aromatic carbocycles. The molecule has 0 aliphatic carbocycles. The smallest absolute Gasteiger partial charge is 0.358 e. The van der Waals surface area contributed by atoms with Gasteiger partial charge in [-0.25, -0.2) is 11.8 Å². The van der Waals surface area contributed by atoms with Crippen molar-refractivity contribution in [3.05, 3.63) is 12.8 Å². The van der Waals surface area contributed by atoms with Crippen LogP contribution in [0.5, 0.6) is 0 Å². The zero-order chi connectivity index (χ0) is 6.24. The maximum absolute atomic E-state index is 6.28. The average Bonchev–Trinajstić information content (AvgIpc) is 1.81. The van der Waals surface area contributed by atoms with Crippen LogP contribution in [0, 0.1) is 48.4 Å². The zero-order valence-electron chi connectivity index (χ0n) is 6.00. The van der Waals surface area contributed by atoms with Crippen molar-refractivity contribution in [2.45, 2.75) is 0 Å². The van der Waals surface area contributed by atoms with Gasteiger partial charge < -0.3 is 12.8 Å². The Morgan fingerprint density at radius 3 is 1.10 bits per heavy atom. The van der Waals surface area contributed by atoms with Crippen molar-refractivity contribution in [1.29, 1.82) is 0 Å². The molecule has 0 nitrogen and oxygen atoms in total. The van der Waals surface area contributed by atoms with Crippen molar-refractivity contribution in [3.8, 4) is 35.5 Å². The number of hydrogen-bond acceptors (Lipinski definition) is 0. The van der Waals surface area contributed by atoms with E-state index < -0.39 is 0 Å². The van der Waals surface area contributed by atoms with Gasteiger partial charge in [0, 0.05) is 0 Å². The fraction of sp³-hybridized carbons (Fsp3) is 0.